The monoisotopic (exact) mass is 562 g/mol. The zero-order valence-corrected chi connectivity index (χ0v) is 24.8. The van der Waals surface area contributed by atoms with Crippen LogP contribution in [0.15, 0.2) is 48.7 Å². The molecule has 3 aromatic rings. The SMILES string of the molecule is CCOc1ncc(-c2cccc(N(CC3CCC(c4ccc(OC)c(C)c4)CC3)C(=O)C3CCC(O)CC3)c2)s1. The third-order valence-electron chi connectivity index (χ3n) is 8.68. The number of aliphatic hydroxyl groups excluding tert-OH is 1. The Morgan fingerprint density at radius 1 is 1.05 bits per heavy atom. The van der Waals surface area contributed by atoms with Crippen molar-refractivity contribution in [3.8, 4) is 21.4 Å². The van der Waals surface area contributed by atoms with Gasteiger partial charge in [0.2, 0.25) is 5.91 Å². The van der Waals surface area contributed by atoms with Crippen molar-refractivity contribution in [1.29, 1.82) is 0 Å². The van der Waals surface area contributed by atoms with Crippen LogP contribution in [0.3, 0.4) is 0 Å². The van der Waals surface area contributed by atoms with Crippen LogP contribution in [-0.2, 0) is 4.79 Å². The second-order valence-corrected chi connectivity index (χ2v) is 12.4. The summed E-state index contributed by atoms with van der Waals surface area (Å²) >= 11 is 1.53. The molecule has 0 unspecified atom stereocenters. The van der Waals surface area contributed by atoms with Crippen LogP contribution in [-0.4, -0.2) is 42.4 Å². The molecule has 0 spiro atoms. The Kier molecular flexibility index (Phi) is 9.43. The number of aromatic nitrogens is 1. The van der Waals surface area contributed by atoms with E-state index in [0.29, 0.717) is 36.5 Å². The summed E-state index contributed by atoms with van der Waals surface area (Å²) in [5.41, 5.74) is 4.59. The van der Waals surface area contributed by atoms with Crippen LogP contribution in [0.1, 0.15) is 75.3 Å². The molecule has 0 bridgehead atoms. The van der Waals surface area contributed by atoms with Gasteiger partial charge in [-0.1, -0.05) is 35.6 Å². The lowest BCUT2D eigenvalue weighted by Gasteiger charge is -2.36. The van der Waals surface area contributed by atoms with Gasteiger partial charge in [-0.2, -0.15) is 0 Å². The predicted molar refractivity (Wildman–Crippen MR) is 161 cm³/mol. The Balaban J connectivity index is 1.33. The average Bonchev–Trinajstić information content (AvgIpc) is 3.45. The van der Waals surface area contributed by atoms with Gasteiger partial charge in [0.1, 0.15) is 5.75 Å². The zero-order valence-electron chi connectivity index (χ0n) is 24.0. The van der Waals surface area contributed by atoms with Crippen LogP contribution in [0.5, 0.6) is 10.9 Å². The molecule has 1 heterocycles. The number of ether oxygens (including phenoxy) is 2. The number of aryl methyl sites for hydroxylation is 1. The highest BCUT2D eigenvalue weighted by Crippen LogP contribution is 2.39. The summed E-state index contributed by atoms with van der Waals surface area (Å²) in [5.74, 6) is 2.13. The summed E-state index contributed by atoms with van der Waals surface area (Å²) in [6, 6.07) is 14.9. The number of carbonyl (C=O) groups excluding carboxylic acids is 1. The average molecular weight is 563 g/mol. The fourth-order valence-corrected chi connectivity index (χ4v) is 7.19. The van der Waals surface area contributed by atoms with Crippen LogP contribution >= 0.6 is 11.3 Å². The van der Waals surface area contributed by atoms with Crippen molar-refractivity contribution in [2.45, 2.75) is 77.2 Å². The molecule has 40 heavy (non-hydrogen) atoms. The van der Waals surface area contributed by atoms with Gasteiger partial charge >= 0.3 is 0 Å². The fraction of sp³-hybridized carbons (Fsp3) is 0.515. The molecular weight excluding hydrogens is 520 g/mol. The largest absolute Gasteiger partial charge is 0.496 e. The highest BCUT2D eigenvalue weighted by molar-refractivity contribution is 7.16. The van der Waals surface area contributed by atoms with E-state index in [1.54, 1.807) is 7.11 Å². The van der Waals surface area contributed by atoms with Gasteiger partial charge in [-0.3, -0.25) is 4.79 Å². The second-order valence-electron chi connectivity index (χ2n) is 11.4. The second kappa shape index (κ2) is 13.2. The number of benzene rings is 2. The Bertz CT molecular complexity index is 1270. The molecule has 1 amide bonds. The normalized spacial score (nSPS) is 23.0. The molecular formula is C33H42N2O4S. The molecule has 1 N–H and O–H groups in total. The van der Waals surface area contributed by atoms with Crippen LogP contribution in [0.4, 0.5) is 5.69 Å². The van der Waals surface area contributed by atoms with E-state index >= 15 is 0 Å². The summed E-state index contributed by atoms with van der Waals surface area (Å²) in [4.78, 5) is 21.5. The summed E-state index contributed by atoms with van der Waals surface area (Å²) in [6.45, 7) is 5.40. The Labute approximate surface area is 242 Å². The summed E-state index contributed by atoms with van der Waals surface area (Å²) in [7, 11) is 1.72. The number of anilines is 1. The molecule has 7 heteroatoms. The summed E-state index contributed by atoms with van der Waals surface area (Å²) in [5, 5.41) is 10.7. The minimum atomic E-state index is -0.274. The highest BCUT2D eigenvalue weighted by atomic mass is 32.1. The van der Waals surface area contributed by atoms with Crippen molar-refractivity contribution >= 4 is 22.9 Å². The molecule has 0 atom stereocenters. The van der Waals surface area contributed by atoms with Gasteiger partial charge in [0.25, 0.3) is 5.19 Å². The van der Waals surface area contributed by atoms with Crippen molar-refractivity contribution < 1.29 is 19.4 Å². The topological polar surface area (TPSA) is 71.9 Å². The third-order valence-corrected chi connectivity index (χ3v) is 9.64. The molecule has 2 aromatic carbocycles. The van der Waals surface area contributed by atoms with Crippen molar-refractivity contribution in [1.82, 2.24) is 4.98 Å². The molecule has 5 rings (SSSR count). The maximum absolute atomic E-state index is 14.0. The van der Waals surface area contributed by atoms with Gasteiger partial charge in [0.15, 0.2) is 0 Å². The smallest absolute Gasteiger partial charge is 0.273 e. The van der Waals surface area contributed by atoms with E-state index in [1.165, 1.54) is 22.5 Å². The lowest BCUT2D eigenvalue weighted by atomic mass is 9.78. The van der Waals surface area contributed by atoms with Crippen molar-refractivity contribution in [2.24, 2.45) is 11.8 Å². The number of thiazole rings is 1. The molecule has 2 fully saturated rings. The van der Waals surface area contributed by atoms with Gasteiger partial charge in [-0.25, -0.2) is 4.98 Å². The Morgan fingerprint density at radius 3 is 2.52 bits per heavy atom. The first kappa shape index (κ1) is 28.6. The number of carbonyl (C=O) groups is 1. The lowest BCUT2D eigenvalue weighted by Crippen LogP contribution is -2.41. The summed E-state index contributed by atoms with van der Waals surface area (Å²) in [6.07, 6.45) is 8.98. The molecule has 0 aliphatic heterocycles. The van der Waals surface area contributed by atoms with E-state index in [4.69, 9.17) is 9.47 Å². The maximum Gasteiger partial charge on any atom is 0.273 e. The molecule has 6 nitrogen and oxygen atoms in total. The maximum atomic E-state index is 14.0. The van der Waals surface area contributed by atoms with E-state index < -0.39 is 0 Å². The standard InChI is InChI=1S/C33H42N2O4S/c1-4-39-33-34-20-31(40-33)27-6-5-7-28(19-27)35(32(37)25-12-15-29(36)16-13-25)21-23-8-10-24(11-9-23)26-14-17-30(38-3)22(2)18-26/h5-7,14,17-20,23-25,29,36H,4,8-13,15-16,21H2,1-3H3. The molecule has 0 radical (unpaired) electrons. The van der Waals surface area contributed by atoms with Crippen LogP contribution in [0.25, 0.3) is 10.4 Å². The van der Waals surface area contributed by atoms with Crippen LogP contribution < -0.4 is 14.4 Å². The van der Waals surface area contributed by atoms with Crippen molar-refractivity contribution in [3.63, 3.8) is 0 Å². The van der Waals surface area contributed by atoms with Crippen molar-refractivity contribution in [3.05, 3.63) is 59.8 Å². The first-order valence-corrected chi connectivity index (χ1v) is 15.6. The van der Waals surface area contributed by atoms with Crippen molar-refractivity contribution in [2.75, 3.05) is 25.2 Å². The zero-order chi connectivity index (χ0) is 28.1. The molecule has 2 aliphatic carbocycles. The van der Waals surface area contributed by atoms with E-state index in [0.717, 1.165) is 66.9 Å². The predicted octanol–water partition coefficient (Wildman–Crippen LogP) is 7.38. The number of hydrogen-bond acceptors (Lipinski definition) is 6. The Morgan fingerprint density at radius 2 is 1.82 bits per heavy atom. The fourth-order valence-electron chi connectivity index (χ4n) is 6.37. The third kappa shape index (κ3) is 6.69. The van der Waals surface area contributed by atoms with E-state index in [-0.39, 0.29) is 17.9 Å². The molecule has 1 aromatic heterocycles. The lowest BCUT2D eigenvalue weighted by molar-refractivity contribution is -0.124. The molecule has 2 saturated carbocycles. The first-order chi connectivity index (χ1) is 19.4. The number of aliphatic hydroxyl groups is 1. The first-order valence-electron chi connectivity index (χ1n) is 14.8. The number of nitrogens with zero attached hydrogens (tertiary/aromatic N) is 2. The van der Waals surface area contributed by atoms with Gasteiger partial charge < -0.3 is 19.5 Å². The molecule has 0 saturated heterocycles. The summed E-state index contributed by atoms with van der Waals surface area (Å²) < 4.78 is 11.0. The number of amides is 1. The van der Waals surface area contributed by atoms with E-state index in [2.05, 4.69) is 53.2 Å². The highest BCUT2D eigenvalue weighted by Gasteiger charge is 2.32. The molecule has 214 valence electrons. The number of methoxy groups -OCH3 is 1. The molecule has 2 aliphatic rings. The minimum absolute atomic E-state index is 0.0290. The minimum Gasteiger partial charge on any atom is -0.496 e. The number of rotatable bonds is 9. The quantitative estimate of drug-likeness (QED) is 0.295. The van der Waals surface area contributed by atoms with E-state index in [9.17, 15) is 9.90 Å². The van der Waals surface area contributed by atoms with E-state index in [1.807, 2.05) is 19.2 Å². The van der Waals surface area contributed by atoms with Gasteiger partial charge in [-0.05, 0) is 112 Å². The Hall–Kier alpha value is -2.90. The number of hydrogen-bond donors (Lipinski definition) is 1. The van der Waals surface area contributed by atoms with Gasteiger partial charge in [-0.15, -0.1) is 0 Å². The van der Waals surface area contributed by atoms with Gasteiger partial charge in [0.05, 0.1) is 24.7 Å². The van der Waals surface area contributed by atoms with Crippen LogP contribution in [0.2, 0.25) is 0 Å². The van der Waals surface area contributed by atoms with Crippen LogP contribution in [0, 0.1) is 18.8 Å². The van der Waals surface area contributed by atoms with Gasteiger partial charge in [0, 0.05) is 24.3 Å².